The highest BCUT2D eigenvalue weighted by Crippen LogP contribution is 2.47. The molecule has 0 radical (unpaired) electrons. The molecule has 3 aromatic carbocycles. The highest BCUT2D eigenvalue weighted by molar-refractivity contribution is 7.90. The number of halogens is 1. The molecule has 10 rings (SSSR count). The van der Waals surface area contributed by atoms with Gasteiger partial charge in [0.25, 0.3) is 21.6 Å². The first-order valence-electron chi connectivity index (χ1n) is 24.4. The Morgan fingerprint density at radius 3 is 2.51 bits per heavy atom. The topological polar surface area (TPSA) is 201 Å². The Hall–Kier alpha value is -5.72. The number of hydrogen-bond donors (Lipinski definition) is 4. The van der Waals surface area contributed by atoms with Gasteiger partial charge in [-0.1, -0.05) is 43.2 Å². The van der Waals surface area contributed by atoms with Crippen LogP contribution in [0.5, 0.6) is 5.88 Å². The molecule has 0 unspecified atom stereocenters. The Labute approximate surface area is 414 Å². The van der Waals surface area contributed by atoms with Crippen molar-refractivity contribution in [2.75, 3.05) is 74.1 Å². The van der Waals surface area contributed by atoms with Crippen LogP contribution in [0.3, 0.4) is 0 Å². The number of H-pyrrole nitrogens is 1. The Bertz CT molecular complexity index is 2940. The first-order chi connectivity index (χ1) is 33.5. The van der Waals surface area contributed by atoms with Gasteiger partial charge >= 0.3 is 0 Å². The molecule has 0 spiro atoms. The van der Waals surface area contributed by atoms with Crippen LogP contribution >= 0.6 is 11.6 Å². The number of nitro benzene ring substituents is 1. The maximum atomic E-state index is 14.7. The summed E-state index contributed by atoms with van der Waals surface area (Å²) in [4.78, 5) is 41.0. The van der Waals surface area contributed by atoms with E-state index >= 15 is 0 Å². The van der Waals surface area contributed by atoms with Crippen molar-refractivity contribution in [2.24, 2.45) is 23.0 Å². The van der Waals surface area contributed by atoms with Gasteiger partial charge in [0.1, 0.15) is 23.1 Å². The number of nitrogens with two attached hydrogens (primary N) is 1. The highest BCUT2D eigenvalue weighted by atomic mass is 35.5. The summed E-state index contributed by atoms with van der Waals surface area (Å²) in [6.07, 6.45) is 7.65. The van der Waals surface area contributed by atoms with Gasteiger partial charge in [-0.15, -0.1) is 0 Å². The first-order valence-corrected chi connectivity index (χ1v) is 26.3. The number of amides is 1. The molecule has 18 heteroatoms. The molecule has 5 aliphatic rings. The number of aromatic nitrogens is 2. The van der Waals surface area contributed by atoms with Gasteiger partial charge in [-0.05, 0) is 123 Å². The molecule has 2 aliphatic carbocycles. The van der Waals surface area contributed by atoms with Crippen molar-refractivity contribution >= 4 is 72.6 Å². The molecule has 16 nitrogen and oxygen atoms in total. The van der Waals surface area contributed by atoms with Gasteiger partial charge < -0.3 is 35.3 Å². The van der Waals surface area contributed by atoms with E-state index in [-0.39, 0.29) is 34.6 Å². The SMILES string of the molecule is CC1(C)CCC(CN2CCN(c3ccc(C(=O)NS(=O)(=O)c4ccc(NCC5CCOCC5)c([N+](=O)[O-])c4)c(N4C[C@@H]5C[C@@](C)(N)C[C@@H]5Oc5nc6[nH]ccc6cc54)c3)CC2)=C(c2ccc(Cl)cc2)C1. The van der Waals surface area contributed by atoms with Crippen LogP contribution in [0.1, 0.15) is 81.6 Å². The minimum Gasteiger partial charge on any atom is -0.472 e. The Kier molecular flexibility index (Phi) is 13.1. The van der Waals surface area contributed by atoms with E-state index in [1.54, 1.807) is 6.07 Å². The number of allylic oxidation sites excluding steroid dienone is 1. The van der Waals surface area contributed by atoms with Crippen LogP contribution < -0.4 is 30.3 Å². The minimum absolute atomic E-state index is 0.0501. The molecule has 2 aromatic heterocycles. The summed E-state index contributed by atoms with van der Waals surface area (Å²) in [6.45, 7) is 12.8. The summed E-state index contributed by atoms with van der Waals surface area (Å²) >= 11 is 6.30. The third-order valence-electron chi connectivity index (χ3n) is 15.0. The average Bonchev–Trinajstić information content (AvgIpc) is 3.88. The van der Waals surface area contributed by atoms with Gasteiger partial charge in [-0.2, -0.15) is 4.98 Å². The number of nitro groups is 1. The van der Waals surface area contributed by atoms with E-state index < -0.39 is 37.0 Å². The second-order valence-corrected chi connectivity index (χ2v) is 23.1. The maximum absolute atomic E-state index is 14.7. The second kappa shape index (κ2) is 19.1. The molecular weight excluding hydrogens is 930 g/mol. The molecule has 5 N–H and O–H groups in total. The third-order valence-corrected chi connectivity index (χ3v) is 16.6. The number of nitrogens with zero attached hydrogens (tertiary/aromatic N) is 5. The minimum atomic E-state index is -4.61. The summed E-state index contributed by atoms with van der Waals surface area (Å²) in [6, 6.07) is 21.3. The van der Waals surface area contributed by atoms with Crippen LogP contribution in [0.4, 0.5) is 28.4 Å². The zero-order chi connectivity index (χ0) is 49.0. The van der Waals surface area contributed by atoms with E-state index in [4.69, 9.17) is 31.8 Å². The summed E-state index contributed by atoms with van der Waals surface area (Å²) in [5.41, 5.74) is 13.1. The average molecular weight is 993 g/mol. The Balaban J connectivity index is 0.962. The summed E-state index contributed by atoms with van der Waals surface area (Å²) < 4.78 is 42.7. The first kappa shape index (κ1) is 47.9. The van der Waals surface area contributed by atoms with E-state index in [1.807, 2.05) is 54.4 Å². The molecule has 70 heavy (non-hydrogen) atoms. The van der Waals surface area contributed by atoms with Gasteiger partial charge in [0, 0.05) is 105 Å². The molecule has 3 atom stereocenters. The largest absolute Gasteiger partial charge is 0.472 e. The zero-order valence-corrected chi connectivity index (χ0v) is 41.6. The number of ether oxygens (including phenoxy) is 2. The van der Waals surface area contributed by atoms with Crippen molar-refractivity contribution in [3.8, 4) is 5.88 Å². The molecule has 5 aromatic rings. The van der Waals surface area contributed by atoms with Crippen molar-refractivity contribution in [3.05, 3.63) is 111 Å². The number of piperazine rings is 1. The molecule has 2 saturated heterocycles. The van der Waals surface area contributed by atoms with E-state index in [9.17, 15) is 23.3 Å². The van der Waals surface area contributed by atoms with Crippen LogP contribution in [0.25, 0.3) is 16.6 Å². The molecule has 0 bridgehead atoms. The van der Waals surface area contributed by atoms with Crippen LogP contribution in [-0.2, 0) is 14.8 Å². The Morgan fingerprint density at radius 2 is 1.76 bits per heavy atom. The Morgan fingerprint density at radius 1 is 0.986 bits per heavy atom. The van der Waals surface area contributed by atoms with Crippen LogP contribution in [0, 0.1) is 27.4 Å². The van der Waals surface area contributed by atoms with E-state index in [0.717, 1.165) is 87.0 Å². The van der Waals surface area contributed by atoms with Crippen LogP contribution in [-0.4, -0.2) is 105 Å². The predicted molar refractivity (Wildman–Crippen MR) is 274 cm³/mol. The van der Waals surface area contributed by atoms with Gasteiger partial charge in [0.05, 0.1) is 21.1 Å². The fourth-order valence-electron chi connectivity index (χ4n) is 11.1. The summed E-state index contributed by atoms with van der Waals surface area (Å²) in [5, 5.41) is 17.0. The molecule has 5 heterocycles. The lowest BCUT2D eigenvalue weighted by molar-refractivity contribution is -0.384. The van der Waals surface area contributed by atoms with E-state index in [2.05, 4.69) is 50.8 Å². The smallest absolute Gasteiger partial charge is 0.293 e. The second-order valence-electron chi connectivity index (χ2n) is 21.0. The van der Waals surface area contributed by atoms with Crippen LogP contribution in [0.15, 0.2) is 89.5 Å². The van der Waals surface area contributed by atoms with Gasteiger partial charge in [0.2, 0.25) is 5.88 Å². The standard InChI is InChI=1S/C52H62ClN9O7S/c1-51(2)16-12-36(42(28-51)34-4-6-38(53)7-5-34)31-59-18-20-60(21-19-59)39-8-10-41(49(63)58-70(66,67)40-9-11-43(45(26-40)62(64)65)56-30-33-14-22-68-23-15-33)44(25-39)61-32-37-27-52(3,54)29-47(37)69-50-46(61)24-35-13-17-55-48(35)57-50/h4-11,13,17,24-26,33,37,47,56H,12,14-16,18-23,27-32,54H2,1-3H3,(H,55,57)(H,58,63)/t37-,47-,52+/m0/s1. The number of hydrogen-bond acceptors (Lipinski definition) is 13. The van der Waals surface area contributed by atoms with Gasteiger partial charge in [-0.3, -0.25) is 19.8 Å². The van der Waals surface area contributed by atoms with E-state index in [0.29, 0.717) is 62.0 Å². The van der Waals surface area contributed by atoms with Gasteiger partial charge in [-0.25, -0.2) is 13.1 Å². The number of sulfonamides is 1. The fourth-order valence-corrected chi connectivity index (χ4v) is 12.3. The number of pyridine rings is 1. The lowest BCUT2D eigenvalue weighted by Crippen LogP contribution is -2.47. The number of fused-ring (bicyclic) bond motifs is 3. The fraction of sp³-hybridized carbons (Fsp3) is 0.462. The lowest BCUT2D eigenvalue weighted by atomic mass is 9.72. The van der Waals surface area contributed by atoms with Gasteiger partial charge in [0.15, 0.2) is 0 Å². The number of benzene rings is 3. The van der Waals surface area contributed by atoms with Crippen LogP contribution in [0.2, 0.25) is 5.02 Å². The van der Waals surface area contributed by atoms with E-state index in [1.165, 1.54) is 28.8 Å². The number of carbonyl (C=O) groups is 1. The molecular formula is C52H62ClN9O7S. The highest BCUT2D eigenvalue weighted by Gasteiger charge is 2.45. The van der Waals surface area contributed by atoms with Crippen molar-refractivity contribution in [1.82, 2.24) is 19.6 Å². The number of carbonyl (C=O) groups excluding carboxylic acids is 1. The predicted octanol–water partition coefficient (Wildman–Crippen LogP) is 8.89. The lowest BCUT2D eigenvalue weighted by Gasteiger charge is -2.39. The zero-order valence-electron chi connectivity index (χ0n) is 40.0. The maximum Gasteiger partial charge on any atom is 0.293 e. The molecule has 1 saturated carbocycles. The third kappa shape index (κ3) is 10.2. The molecule has 3 fully saturated rings. The van der Waals surface area contributed by atoms with Crippen molar-refractivity contribution < 1.29 is 27.6 Å². The quantitative estimate of drug-likeness (QED) is 0.0683. The number of aromatic amines is 1. The summed E-state index contributed by atoms with van der Waals surface area (Å²) in [7, 11) is -4.61. The molecule has 370 valence electrons. The molecule has 1 amide bonds. The molecule has 3 aliphatic heterocycles. The van der Waals surface area contributed by atoms with Crippen molar-refractivity contribution in [2.45, 2.75) is 82.3 Å². The number of rotatable bonds is 12. The van der Waals surface area contributed by atoms with Crippen molar-refractivity contribution in [1.29, 1.82) is 0 Å². The number of nitrogens with one attached hydrogen (secondary N) is 3. The van der Waals surface area contributed by atoms with Crippen molar-refractivity contribution in [3.63, 3.8) is 0 Å². The summed E-state index contributed by atoms with van der Waals surface area (Å²) in [5.74, 6) is -0.286. The number of anilines is 4. The normalized spacial score (nSPS) is 23.1. The monoisotopic (exact) mass is 991 g/mol.